The van der Waals surface area contributed by atoms with Crippen LogP contribution in [-0.2, 0) is 10.5 Å². The molecule has 1 N–H and O–H groups in total. The zero-order valence-corrected chi connectivity index (χ0v) is 10.7. The zero-order valence-electron chi connectivity index (χ0n) is 9.21. The van der Waals surface area contributed by atoms with E-state index in [1.807, 2.05) is 26.0 Å². The van der Waals surface area contributed by atoms with Gasteiger partial charge in [0, 0.05) is 12.0 Å². The maximum atomic E-state index is 10.5. The summed E-state index contributed by atoms with van der Waals surface area (Å²) in [5.41, 5.74) is 1.69. The van der Waals surface area contributed by atoms with E-state index in [4.69, 9.17) is 27.9 Å². The number of rotatable bonds is 1. The molecule has 1 aliphatic heterocycles. The fraction of sp³-hybridized carbons (Fsp3) is 0.500. The van der Waals surface area contributed by atoms with E-state index in [1.54, 1.807) is 12.1 Å². The molecule has 1 saturated heterocycles. The van der Waals surface area contributed by atoms with E-state index in [0.717, 1.165) is 5.56 Å². The van der Waals surface area contributed by atoms with Crippen molar-refractivity contribution in [3.8, 4) is 0 Å². The lowest BCUT2D eigenvalue weighted by atomic mass is 10.0. The van der Waals surface area contributed by atoms with Crippen molar-refractivity contribution in [1.82, 2.24) is 0 Å². The second kappa shape index (κ2) is 3.88. The molecule has 2 unspecified atom stereocenters. The van der Waals surface area contributed by atoms with E-state index in [9.17, 15) is 5.11 Å². The first kappa shape index (κ1) is 12.2. The van der Waals surface area contributed by atoms with Crippen LogP contribution >= 0.6 is 23.2 Å². The first-order chi connectivity index (χ1) is 7.35. The maximum absolute atomic E-state index is 10.5. The van der Waals surface area contributed by atoms with Gasteiger partial charge in [-0.15, -0.1) is 0 Å². The Morgan fingerprint density at radius 2 is 1.88 bits per heavy atom. The highest BCUT2D eigenvalue weighted by atomic mass is 35.5. The molecule has 0 aliphatic carbocycles. The molecule has 0 bridgehead atoms. The summed E-state index contributed by atoms with van der Waals surface area (Å²) in [7, 11) is 0. The number of aliphatic hydroxyl groups is 1. The molecule has 1 aromatic carbocycles. The van der Waals surface area contributed by atoms with Gasteiger partial charge in [0.1, 0.15) is 0 Å². The van der Waals surface area contributed by atoms with E-state index in [0.29, 0.717) is 12.0 Å². The minimum atomic E-state index is -1.62. The number of hydrogen-bond donors (Lipinski definition) is 1. The fourth-order valence-electron chi connectivity index (χ4n) is 1.98. The number of aryl methyl sites for hydroxylation is 1. The molecule has 1 fully saturated rings. The molecule has 2 atom stereocenters. The predicted molar refractivity (Wildman–Crippen MR) is 64.7 cm³/mol. The van der Waals surface area contributed by atoms with E-state index in [1.165, 1.54) is 0 Å². The Morgan fingerprint density at radius 1 is 1.31 bits per heavy atom. The van der Waals surface area contributed by atoms with Crippen LogP contribution in [0, 0.1) is 6.92 Å². The highest BCUT2D eigenvalue weighted by Crippen LogP contribution is 2.51. The molecule has 2 nitrogen and oxygen atoms in total. The van der Waals surface area contributed by atoms with Gasteiger partial charge in [0.15, 0.2) is 4.33 Å². The van der Waals surface area contributed by atoms with Gasteiger partial charge in [0.05, 0.1) is 6.10 Å². The fourth-order valence-corrected chi connectivity index (χ4v) is 2.72. The monoisotopic (exact) mass is 260 g/mol. The first-order valence-electron chi connectivity index (χ1n) is 5.20. The summed E-state index contributed by atoms with van der Waals surface area (Å²) in [6.07, 6.45) is 0.238. The standard InChI is InChI=1S/C12H14Cl2O2/c1-8-3-5-10(6-4-8)12(15)11(13,14)7-9(2)16-12/h3-6,9,15H,7H2,1-2H3. The first-order valence-corrected chi connectivity index (χ1v) is 5.96. The summed E-state index contributed by atoms with van der Waals surface area (Å²) in [5, 5.41) is 10.5. The zero-order chi connectivity index (χ0) is 12.0. The Labute approximate surface area is 105 Å². The van der Waals surface area contributed by atoms with Crippen molar-refractivity contribution in [1.29, 1.82) is 0 Å². The molecular formula is C12H14Cl2O2. The second-order valence-corrected chi connectivity index (χ2v) is 5.83. The minimum absolute atomic E-state index is 0.165. The van der Waals surface area contributed by atoms with Crippen LogP contribution in [0.1, 0.15) is 24.5 Å². The largest absolute Gasteiger partial charge is 0.359 e. The van der Waals surface area contributed by atoms with Crippen molar-refractivity contribution in [2.24, 2.45) is 0 Å². The summed E-state index contributed by atoms with van der Waals surface area (Å²) in [5.74, 6) is -1.62. The summed E-state index contributed by atoms with van der Waals surface area (Å²) in [6, 6.07) is 7.35. The lowest BCUT2D eigenvalue weighted by Crippen LogP contribution is -2.40. The topological polar surface area (TPSA) is 29.5 Å². The van der Waals surface area contributed by atoms with Gasteiger partial charge in [0.25, 0.3) is 0 Å². The van der Waals surface area contributed by atoms with E-state index in [-0.39, 0.29) is 6.10 Å². The molecule has 0 saturated carbocycles. The summed E-state index contributed by atoms with van der Waals surface area (Å²) in [4.78, 5) is 0. The van der Waals surface area contributed by atoms with Crippen LogP contribution in [0.5, 0.6) is 0 Å². The maximum Gasteiger partial charge on any atom is 0.226 e. The number of halogens is 2. The second-order valence-electron chi connectivity index (χ2n) is 4.35. The van der Waals surface area contributed by atoms with Crippen LogP contribution in [0.4, 0.5) is 0 Å². The molecule has 0 radical (unpaired) electrons. The highest BCUT2D eigenvalue weighted by molar-refractivity contribution is 6.49. The van der Waals surface area contributed by atoms with Crippen LogP contribution in [0.25, 0.3) is 0 Å². The quantitative estimate of drug-likeness (QED) is 0.787. The van der Waals surface area contributed by atoms with Crippen molar-refractivity contribution in [2.75, 3.05) is 0 Å². The van der Waals surface area contributed by atoms with Gasteiger partial charge in [0.2, 0.25) is 5.79 Å². The Balaban J connectivity index is 2.42. The van der Waals surface area contributed by atoms with Crippen molar-refractivity contribution in [3.05, 3.63) is 35.4 Å². The third-order valence-electron chi connectivity index (χ3n) is 2.85. The number of hydrogen-bond acceptors (Lipinski definition) is 2. The number of alkyl halides is 2. The Kier molecular flexibility index (Phi) is 2.96. The molecule has 0 aromatic heterocycles. The van der Waals surface area contributed by atoms with Gasteiger partial charge in [-0.05, 0) is 13.8 Å². The van der Waals surface area contributed by atoms with Gasteiger partial charge in [-0.25, -0.2) is 0 Å². The molecule has 0 spiro atoms. The van der Waals surface area contributed by atoms with Crippen molar-refractivity contribution < 1.29 is 9.84 Å². The van der Waals surface area contributed by atoms with Gasteiger partial charge in [-0.3, -0.25) is 0 Å². The van der Waals surface area contributed by atoms with E-state index >= 15 is 0 Å². The Hall–Kier alpha value is -0.280. The number of benzene rings is 1. The van der Waals surface area contributed by atoms with Gasteiger partial charge < -0.3 is 9.84 Å². The third-order valence-corrected chi connectivity index (χ3v) is 3.68. The van der Waals surface area contributed by atoms with E-state index in [2.05, 4.69) is 0 Å². The van der Waals surface area contributed by atoms with Crippen molar-refractivity contribution >= 4 is 23.2 Å². The van der Waals surface area contributed by atoms with Crippen LogP contribution in [0.15, 0.2) is 24.3 Å². The number of ether oxygens (including phenoxy) is 1. The molecule has 0 amide bonds. The van der Waals surface area contributed by atoms with Gasteiger partial charge >= 0.3 is 0 Å². The molecular weight excluding hydrogens is 247 g/mol. The SMILES string of the molecule is Cc1ccc(C2(O)OC(C)CC2(Cl)Cl)cc1. The predicted octanol–water partition coefficient (Wildman–Crippen LogP) is 3.12. The van der Waals surface area contributed by atoms with Crippen LogP contribution < -0.4 is 0 Å². The van der Waals surface area contributed by atoms with Crippen LogP contribution in [-0.4, -0.2) is 15.5 Å². The smallest absolute Gasteiger partial charge is 0.226 e. The van der Waals surface area contributed by atoms with Crippen LogP contribution in [0.3, 0.4) is 0 Å². The molecule has 2 rings (SSSR count). The molecule has 1 heterocycles. The Bertz CT molecular complexity index is 389. The summed E-state index contributed by atoms with van der Waals surface area (Å²) in [6.45, 7) is 3.81. The molecule has 4 heteroatoms. The molecule has 1 aromatic rings. The summed E-state index contributed by atoms with van der Waals surface area (Å²) < 4.78 is 4.18. The summed E-state index contributed by atoms with van der Waals surface area (Å²) >= 11 is 12.3. The lowest BCUT2D eigenvalue weighted by molar-refractivity contribution is -0.201. The molecule has 16 heavy (non-hydrogen) atoms. The van der Waals surface area contributed by atoms with E-state index < -0.39 is 10.1 Å². The highest BCUT2D eigenvalue weighted by Gasteiger charge is 2.57. The molecule has 88 valence electrons. The normalized spacial score (nSPS) is 32.9. The van der Waals surface area contributed by atoms with Crippen molar-refractivity contribution in [2.45, 2.75) is 36.5 Å². The third kappa shape index (κ3) is 1.84. The van der Waals surface area contributed by atoms with Crippen molar-refractivity contribution in [3.63, 3.8) is 0 Å². The Morgan fingerprint density at radius 3 is 2.31 bits per heavy atom. The van der Waals surface area contributed by atoms with Gasteiger partial charge in [-0.1, -0.05) is 53.0 Å². The molecule has 1 aliphatic rings. The minimum Gasteiger partial charge on any atom is -0.359 e. The average Bonchev–Trinajstić information content (AvgIpc) is 2.37. The lowest BCUT2D eigenvalue weighted by Gasteiger charge is -2.31. The van der Waals surface area contributed by atoms with Crippen LogP contribution in [0.2, 0.25) is 0 Å². The average molecular weight is 261 g/mol. The van der Waals surface area contributed by atoms with Gasteiger partial charge in [-0.2, -0.15) is 0 Å².